The first-order valence-electron chi connectivity index (χ1n) is 5.39. The van der Waals surface area contributed by atoms with Gasteiger partial charge in [0.15, 0.2) is 0 Å². The molecule has 0 spiro atoms. The van der Waals surface area contributed by atoms with E-state index in [1.807, 2.05) is 12.1 Å². The van der Waals surface area contributed by atoms with Crippen molar-refractivity contribution >= 4 is 21.7 Å². The summed E-state index contributed by atoms with van der Waals surface area (Å²) in [7, 11) is 1.80. The van der Waals surface area contributed by atoms with Crippen LogP contribution in [0.1, 0.15) is 5.56 Å². The number of hydrogen-bond acceptors (Lipinski definition) is 3. The monoisotopic (exact) mass is 310 g/mol. The van der Waals surface area contributed by atoms with Crippen molar-refractivity contribution in [1.82, 2.24) is 4.98 Å². The molecule has 0 atom stereocenters. The minimum Gasteiger partial charge on any atom is -0.489 e. The molecule has 2 aromatic rings. The van der Waals surface area contributed by atoms with Gasteiger partial charge in [-0.3, -0.25) is 0 Å². The van der Waals surface area contributed by atoms with Gasteiger partial charge in [-0.1, -0.05) is 15.9 Å². The Kier molecular flexibility index (Phi) is 4.15. The molecule has 1 heterocycles. The van der Waals surface area contributed by atoms with E-state index in [-0.39, 0.29) is 5.82 Å². The lowest BCUT2D eigenvalue weighted by Crippen LogP contribution is -1.98. The SMILES string of the molecule is CNc1cc(COc2cc(F)cc(Br)c2)ccn1. The number of benzene rings is 1. The molecule has 0 fully saturated rings. The Morgan fingerprint density at radius 2 is 2.17 bits per heavy atom. The molecule has 3 nitrogen and oxygen atoms in total. The van der Waals surface area contributed by atoms with Gasteiger partial charge < -0.3 is 10.1 Å². The predicted molar refractivity (Wildman–Crippen MR) is 72.2 cm³/mol. The third-order valence-electron chi connectivity index (χ3n) is 2.32. The molecule has 0 unspecified atom stereocenters. The van der Waals surface area contributed by atoms with Gasteiger partial charge in [-0.2, -0.15) is 0 Å². The van der Waals surface area contributed by atoms with Crippen LogP contribution in [0.4, 0.5) is 10.2 Å². The maximum atomic E-state index is 13.1. The first-order chi connectivity index (χ1) is 8.67. The second-order valence-electron chi connectivity index (χ2n) is 3.69. The van der Waals surface area contributed by atoms with Crippen molar-refractivity contribution in [1.29, 1.82) is 0 Å². The Hall–Kier alpha value is -1.62. The van der Waals surface area contributed by atoms with Crippen LogP contribution in [0.3, 0.4) is 0 Å². The summed E-state index contributed by atoms with van der Waals surface area (Å²) in [6, 6.07) is 8.20. The fourth-order valence-corrected chi connectivity index (χ4v) is 1.92. The third-order valence-corrected chi connectivity index (χ3v) is 2.78. The molecule has 0 aliphatic heterocycles. The summed E-state index contributed by atoms with van der Waals surface area (Å²) >= 11 is 3.22. The number of rotatable bonds is 4. The topological polar surface area (TPSA) is 34.1 Å². The lowest BCUT2D eigenvalue weighted by atomic mass is 10.3. The van der Waals surface area contributed by atoms with Crippen LogP contribution in [-0.4, -0.2) is 12.0 Å². The molecule has 1 N–H and O–H groups in total. The molecule has 0 saturated heterocycles. The number of pyridine rings is 1. The smallest absolute Gasteiger partial charge is 0.128 e. The van der Waals surface area contributed by atoms with Crippen LogP contribution in [0.2, 0.25) is 0 Å². The van der Waals surface area contributed by atoms with E-state index in [2.05, 4.69) is 26.2 Å². The van der Waals surface area contributed by atoms with E-state index < -0.39 is 0 Å². The minimum atomic E-state index is -0.329. The summed E-state index contributed by atoms with van der Waals surface area (Å²) in [5.41, 5.74) is 0.967. The Bertz CT molecular complexity index is 528. The highest BCUT2D eigenvalue weighted by molar-refractivity contribution is 9.10. The molecule has 0 radical (unpaired) electrons. The van der Waals surface area contributed by atoms with Gasteiger partial charge >= 0.3 is 0 Å². The van der Waals surface area contributed by atoms with Crippen molar-refractivity contribution < 1.29 is 9.13 Å². The Morgan fingerprint density at radius 1 is 1.33 bits per heavy atom. The van der Waals surface area contributed by atoms with Gasteiger partial charge in [0.05, 0.1) is 0 Å². The van der Waals surface area contributed by atoms with E-state index >= 15 is 0 Å². The second kappa shape index (κ2) is 5.82. The third kappa shape index (κ3) is 3.43. The van der Waals surface area contributed by atoms with Crippen LogP contribution < -0.4 is 10.1 Å². The lowest BCUT2D eigenvalue weighted by Gasteiger charge is -2.08. The molecule has 0 amide bonds. The molecule has 2 rings (SSSR count). The number of nitrogens with one attached hydrogen (secondary N) is 1. The molecule has 18 heavy (non-hydrogen) atoms. The first kappa shape index (κ1) is 12.8. The zero-order chi connectivity index (χ0) is 13.0. The number of hydrogen-bond donors (Lipinski definition) is 1. The molecule has 1 aromatic heterocycles. The fourth-order valence-electron chi connectivity index (χ4n) is 1.48. The maximum absolute atomic E-state index is 13.1. The second-order valence-corrected chi connectivity index (χ2v) is 4.61. The van der Waals surface area contributed by atoms with E-state index in [4.69, 9.17) is 4.74 Å². The number of aromatic nitrogens is 1. The molecule has 5 heteroatoms. The highest BCUT2D eigenvalue weighted by atomic mass is 79.9. The summed E-state index contributed by atoms with van der Waals surface area (Å²) in [4.78, 5) is 4.11. The summed E-state index contributed by atoms with van der Waals surface area (Å²) < 4.78 is 19.3. The van der Waals surface area contributed by atoms with Crippen LogP contribution in [0.15, 0.2) is 41.0 Å². The van der Waals surface area contributed by atoms with E-state index in [0.29, 0.717) is 16.8 Å². The zero-order valence-electron chi connectivity index (χ0n) is 9.78. The van der Waals surface area contributed by atoms with Gasteiger partial charge in [0.2, 0.25) is 0 Å². The number of anilines is 1. The normalized spacial score (nSPS) is 10.2. The molecule has 0 aliphatic rings. The number of halogens is 2. The molecule has 1 aromatic carbocycles. The molecular formula is C13H12BrFN2O. The van der Waals surface area contributed by atoms with Crippen LogP contribution >= 0.6 is 15.9 Å². The average molecular weight is 311 g/mol. The van der Waals surface area contributed by atoms with Crippen LogP contribution in [-0.2, 0) is 6.61 Å². The quantitative estimate of drug-likeness (QED) is 0.937. The van der Waals surface area contributed by atoms with E-state index in [9.17, 15) is 4.39 Å². The summed E-state index contributed by atoms with van der Waals surface area (Å²) in [6.45, 7) is 0.368. The lowest BCUT2D eigenvalue weighted by molar-refractivity contribution is 0.304. The molecule has 0 saturated carbocycles. The first-order valence-corrected chi connectivity index (χ1v) is 6.18. The standard InChI is InChI=1S/C13H12BrFN2O/c1-16-13-4-9(2-3-17-13)8-18-12-6-10(14)5-11(15)7-12/h2-7H,8H2,1H3,(H,16,17). The predicted octanol–water partition coefficient (Wildman–Crippen LogP) is 3.60. The van der Waals surface area contributed by atoms with Crippen LogP contribution in [0, 0.1) is 5.82 Å². The van der Waals surface area contributed by atoms with Gasteiger partial charge in [-0.05, 0) is 29.8 Å². The number of ether oxygens (including phenoxy) is 1. The van der Waals surface area contributed by atoms with Crippen molar-refractivity contribution in [2.24, 2.45) is 0 Å². The van der Waals surface area contributed by atoms with Crippen molar-refractivity contribution in [2.45, 2.75) is 6.61 Å². The van der Waals surface area contributed by atoms with Gasteiger partial charge in [-0.15, -0.1) is 0 Å². The van der Waals surface area contributed by atoms with E-state index in [1.165, 1.54) is 12.1 Å². The fraction of sp³-hybridized carbons (Fsp3) is 0.154. The number of nitrogens with zero attached hydrogens (tertiary/aromatic N) is 1. The Labute approximate surface area is 113 Å². The summed E-state index contributed by atoms with van der Waals surface area (Å²) in [5.74, 6) is 0.936. The van der Waals surface area contributed by atoms with Crippen molar-refractivity contribution in [3.63, 3.8) is 0 Å². The minimum absolute atomic E-state index is 0.329. The van der Waals surface area contributed by atoms with Gasteiger partial charge in [0.1, 0.15) is 24.0 Å². The summed E-state index contributed by atoms with van der Waals surface area (Å²) in [6.07, 6.45) is 1.70. The van der Waals surface area contributed by atoms with Crippen molar-refractivity contribution in [3.8, 4) is 5.75 Å². The van der Waals surface area contributed by atoms with Gasteiger partial charge in [0.25, 0.3) is 0 Å². The largest absolute Gasteiger partial charge is 0.489 e. The van der Waals surface area contributed by atoms with Gasteiger partial charge in [-0.25, -0.2) is 9.37 Å². The maximum Gasteiger partial charge on any atom is 0.128 e. The molecule has 0 aliphatic carbocycles. The van der Waals surface area contributed by atoms with Crippen LogP contribution in [0.25, 0.3) is 0 Å². The molecule has 0 bridgehead atoms. The zero-order valence-corrected chi connectivity index (χ0v) is 11.4. The Morgan fingerprint density at radius 3 is 2.89 bits per heavy atom. The summed E-state index contributed by atoms with van der Waals surface area (Å²) in [5, 5.41) is 2.95. The average Bonchev–Trinajstić information content (AvgIpc) is 2.35. The molecule has 94 valence electrons. The van der Waals surface area contributed by atoms with Gasteiger partial charge in [0, 0.05) is 23.8 Å². The Balaban J connectivity index is 2.06. The van der Waals surface area contributed by atoms with Crippen LogP contribution in [0.5, 0.6) is 5.75 Å². The highest BCUT2D eigenvalue weighted by Crippen LogP contribution is 2.21. The van der Waals surface area contributed by atoms with E-state index in [1.54, 1.807) is 19.3 Å². The van der Waals surface area contributed by atoms with Crippen molar-refractivity contribution in [2.75, 3.05) is 12.4 Å². The highest BCUT2D eigenvalue weighted by Gasteiger charge is 2.01. The van der Waals surface area contributed by atoms with E-state index in [0.717, 1.165) is 11.4 Å². The molecular weight excluding hydrogens is 299 g/mol. The van der Waals surface area contributed by atoms with Crippen molar-refractivity contribution in [3.05, 3.63) is 52.4 Å².